The molecule has 0 aliphatic rings. The Morgan fingerprint density at radius 3 is 2.95 bits per heavy atom. The van der Waals surface area contributed by atoms with Crippen LogP contribution in [0.2, 0.25) is 0 Å². The molecule has 0 spiro atoms. The summed E-state index contributed by atoms with van der Waals surface area (Å²) in [5.41, 5.74) is 1.50. The van der Waals surface area contributed by atoms with Crippen LogP contribution >= 0.6 is 11.3 Å². The summed E-state index contributed by atoms with van der Waals surface area (Å²) >= 11 is 1.42. The first-order valence-corrected chi connectivity index (χ1v) is 6.96. The second-order valence-corrected chi connectivity index (χ2v) is 4.70. The van der Waals surface area contributed by atoms with Crippen molar-refractivity contribution >= 4 is 28.1 Å². The van der Waals surface area contributed by atoms with E-state index < -0.39 is 0 Å². The van der Waals surface area contributed by atoms with Crippen LogP contribution in [0.5, 0.6) is 5.88 Å². The minimum Gasteiger partial charge on any atom is -0.478 e. The second-order valence-electron chi connectivity index (χ2n) is 3.84. The Kier molecular flexibility index (Phi) is 4.89. The van der Waals surface area contributed by atoms with E-state index in [2.05, 4.69) is 20.0 Å². The number of anilines is 2. The molecule has 0 aliphatic heterocycles. The van der Waals surface area contributed by atoms with E-state index in [1.807, 2.05) is 18.4 Å². The van der Waals surface area contributed by atoms with Gasteiger partial charge in [0.2, 0.25) is 5.88 Å². The lowest BCUT2D eigenvalue weighted by atomic mass is 10.3. The van der Waals surface area contributed by atoms with Gasteiger partial charge in [0.25, 0.3) is 0 Å². The van der Waals surface area contributed by atoms with Gasteiger partial charge in [0.15, 0.2) is 5.13 Å². The Morgan fingerprint density at radius 2 is 2.30 bits per heavy atom. The van der Waals surface area contributed by atoms with Gasteiger partial charge in [-0.1, -0.05) is 0 Å². The number of thiazole rings is 1. The minimum absolute atomic E-state index is 0.177. The molecule has 0 fully saturated rings. The van der Waals surface area contributed by atoms with Gasteiger partial charge in [0, 0.05) is 11.4 Å². The van der Waals surface area contributed by atoms with Gasteiger partial charge >= 0.3 is 5.97 Å². The molecule has 20 heavy (non-hydrogen) atoms. The minimum atomic E-state index is -0.301. The summed E-state index contributed by atoms with van der Waals surface area (Å²) in [5, 5.41) is 5.65. The zero-order chi connectivity index (χ0) is 14.4. The van der Waals surface area contributed by atoms with E-state index in [0.717, 1.165) is 5.69 Å². The monoisotopic (exact) mass is 293 g/mol. The molecular formula is C13H15N3O3S. The number of carbonyl (C=O) groups is 1. The number of methoxy groups -OCH3 is 1. The molecule has 0 aliphatic carbocycles. The van der Waals surface area contributed by atoms with E-state index in [1.54, 1.807) is 12.3 Å². The Labute approximate surface area is 120 Å². The Morgan fingerprint density at radius 1 is 1.45 bits per heavy atom. The lowest BCUT2D eigenvalue weighted by molar-refractivity contribution is -0.139. The molecule has 7 heteroatoms. The van der Waals surface area contributed by atoms with E-state index in [1.165, 1.54) is 18.4 Å². The molecule has 106 valence electrons. The molecule has 0 atom stereocenters. The van der Waals surface area contributed by atoms with Gasteiger partial charge in [-0.3, -0.25) is 4.79 Å². The fourth-order valence-electron chi connectivity index (χ4n) is 1.48. The average Bonchev–Trinajstić information content (AvgIpc) is 2.88. The summed E-state index contributed by atoms with van der Waals surface area (Å²) in [6, 6.07) is 3.65. The molecule has 2 heterocycles. The highest BCUT2D eigenvalue weighted by molar-refractivity contribution is 7.13. The molecule has 1 N–H and O–H groups in total. The number of aromatic nitrogens is 2. The van der Waals surface area contributed by atoms with Gasteiger partial charge in [-0.05, 0) is 13.0 Å². The Bertz CT molecular complexity index is 568. The van der Waals surface area contributed by atoms with Crippen LogP contribution in [0, 0.1) is 0 Å². The molecule has 0 unspecified atom stereocenters. The predicted octanol–water partition coefficient (Wildman–Crippen LogP) is 2.40. The summed E-state index contributed by atoms with van der Waals surface area (Å²) in [6.45, 7) is 2.50. The van der Waals surface area contributed by atoms with Crippen molar-refractivity contribution in [2.45, 2.75) is 13.3 Å². The maximum absolute atomic E-state index is 11.1. The Hall–Kier alpha value is -2.15. The van der Waals surface area contributed by atoms with E-state index in [9.17, 15) is 4.79 Å². The maximum Gasteiger partial charge on any atom is 0.311 e. The fraction of sp³-hybridized carbons (Fsp3) is 0.308. The summed E-state index contributed by atoms with van der Waals surface area (Å²) in [5.74, 6) is 0.285. The van der Waals surface area contributed by atoms with Gasteiger partial charge < -0.3 is 14.8 Å². The Balaban J connectivity index is 1.97. The standard InChI is InChI=1S/C13H15N3O3S/c1-3-19-11-5-4-9(7-14-11)15-13-16-10(8-20-13)6-12(17)18-2/h4-5,7-8H,3,6H2,1-2H3,(H,15,16). The van der Waals surface area contributed by atoms with Crippen LogP contribution in [0.15, 0.2) is 23.7 Å². The number of ether oxygens (including phenoxy) is 2. The summed E-state index contributed by atoms with van der Waals surface area (Å²) in [7, 11) is 1.36. The van der Waals surface area contributed by atoms with Crippen LogP contribution in [-0.4, -0.2) is 29.7 Å². The fourth-order valence-corrected chi connectivity index (χ4v) is 2.21. The van der Waals surface area contributed by atoms with Crippen molar-refractivity contribution in [3.05, 3.63) is 29.4 Å². The van der Waals surface area contributed by atoms with E-state index in [4.69, 9.17) is 4.74 Å². The van der Waals surface area contributed by atoms with Crippen molar-refractivity contribution in [3.63, 3.8) is 0 Å². The summed E-state index contributed by atoms with van der Waals surface area (Å²) in [6.07, 6.45) is 1.85. The molecule has 2 rings (SSSR count). The van der Waals surface area contributed by atoms with Crippen LogP contribution < -0.4 is 10.1 Å². The van der Waals surface area contributed by atoms with Crippen LogP contribution in [0.3, 0.4) is 0 Å². The van der Waals surface area contributed by atoms with Gasteiger partial charge in [-0.25, -0.2) is 9.97 Å². The number of hydrogen-bond acceptors (Lipinski definition) is 7. The highest BCUT2D eigenvalue weighted by Crippen LogP contribution is 2.21. The molecule has 0 amide bonds. The zero-order valence-electron chi connectivity index (χ0n) is 11.3. The third-order valence-corrected chi connectivity index (χ3v) is 3.19. The SMILES string of the molecule is CCOc1ccc(Nc2nc(CC(=O)OC)cs2)cn1. The molecule has 2 aromatic rings. The van der Waals surface area contributed by atoms with Crippen molar-refractivity contribution in [3.8, 4) is 5.88 Å². The lowest BCUT2D eigenvalue weighted by Crippen LogP contribution is -2.04. The van der Waals surface area contributed by atoms with E-state index in [-0.39, 0.29) is 12.4 Å². The molecule has 0 radical (unpaired) electrons. The van der Waals surface area contributed by atoms with Gasteiger partial charge in [-0.2, -0.15) is 0 Å². The predicted molar refractivity (Wildman–Crippen MR) is 76.5 cm³/mol. The molecular weight excluding hydrogens is 278 g/mol. The first kappa shape index (κ1) is 14.3. The number of hydrogen-bond donors (Lipinski definition) is 1. The number of nitrogens with one attached hydrogen (secondary N) is 1. The number of nitrogens with zero attached hydrogens (tertiary/aromatic N) is 2. The number of carbonyl (C=O) groups excluding carboxylic acids is 1. The van der Waals surface area contributed by atoms with Crippen molar-refractivity contribution in [2.75, 3.05) is 19.0 Å². The smallest absolute Gasteiger partial charge is 0.311 e. The van der Waals surface area contributed by atoms with Crippen molar-refractivity contribution in [1.82, 2.24) is 9.97 Å². The highest BCUT2D eigenvalue weighted by atomic mass is 32.1. The summed E-state index contributed by atoms with van der Waals surface area (Å²) < 4.78 is 9.87. The number of pyridine rings is 1. The quantitative estimate of drug-likeness (QED) is 0.824. The zero-order valence-corrected chi connectivity index (χ0v) is 12.1. The number of rotatable bonds is 6. The molecule has 0 saturated heterocycles. The second kappa shape index (κ2) is 6.85. The third-order valence-electron chi connectivity index (χ3n) is 2.38. The van der Waals surface area contributed by atoms with Crippen LogP contribution in [0.1, 0.15) is 12.6 Å². The van der Waals surface area contributed by atoms with Crippen molar-refractivity contribution in [1.29, 1.82) is 0 Å². The first-order valence-electron chi connectivity index (χ1n) is 6.08. The molecule has 2 aromatic heterocycles. The largest absolute Gasteiger partial charge is 0.478 e. The molecule has 0 aromatic carbocycles. The van der Waals surface area contributed by atoms with Crippen molar-refractivity contribution in [2.24, 2.45) is 0 Å². The molecule has 0 saturated carbocycles. The third kappa shape index (κ3) is 3.92. The summed E-state index contributed by atoms with van der Waals surface area (Å²) in [4.78, 5) is 19.6. The molecule has 6 nitrogen and oxygen atoms in total. The molecule has 0 bridgehead atoms. The first-order chi connectivity index (χ1) is 9.71. The normalized spacial score (nSPS) is 10.1. The lowest BCUT2D eigenvalue weighted by Gasteiger charge is -2.04. The van der Waals surface area contributed by atoms with Gasteiger partial charge in [0.1, 0.15) is 0 Å². The topological polar surface area (TPSA) is 73.3 Å². The van der Waals surface area contributed by atoms with Gasteiger partial charge in [0.05, 0.1) is 37.7 Å². The highest BCUT2D eigenvalue weighted by Gasteiger charge is 2.08. The van der Waals surface area contributed by atoms with E-state index in [0.29, 0.717) is 23.3 Å². The van der Waals surface area contributed by atoms with E-state index >= 15 is 0 Å². The van der Waals surface area contributed by atoms with Crippen LogP contribution in [-0.2, 0) is 16.0 Å². The van der Waals surface area contributed by atoms with Gasteiger partial charge in [-0.15, -0.1) is 11.3 Å². The van der Waals surface area contributed by atoms with Crippen molar-refractivity contribution < 1.29 is 14.3 Å². The van der Waals surface area contributed by atoms with Crippen LogP contribution in [0.25, 0.3) is 0 Å². The number of esters is 1. The maximum atomic E-state index is 11.1. The average molecular weight is 293 g/mol. The van der Waals surface area contributed by atoms with Crippen LogP contribution in [0.4, 0.5) is 10.8 Å².